The van der Waals surface area contributed by atoms with Crippen LogP contribution in [0.3, 0.4) is 0 Å². The van der Waals surface area contributed by atoms with E-state index in [1.165, 1.54) is 257 Å². The van der Waals surface area contributed by atoms with Gasteiger partial charge in [-0.3, -0.25) is 9.59 Å². The van der Waals surface area contributed by atoms with E-state index in [0.29, 0.717) is 25.9 Å². The van der Waals surface area contributed by atoms with Gasteiger partial charge in [0.25, 0.3) is 0 Å². The van der Waals surface area contributed by atoms with Crippen LogP contribution in [-0.2, 0) is 14.3 Å². The van der Waals surface area contributed by atoms with Gasteiger partial charge in [-0.1, -0.05) is 281 Å². The molecular formula is C65H123NO5. The van der Waals surface area contributed by atoms with Gasteiger partial charge in [0.1, 0.15) is 0 Å². The summed E-state index contributed by atoms with van der Waals surface area (Å²) in [6, 6.07) is -0.540. The molecule has 3 N–H and O–H groups in total. The predicted octanol–water partition coefficient (Wildman–Crippen LogP) is 20.0. The Morgan fingerprint density at radius 2 is 0.704 bits per heavy atom. The molecule has 2 unspecified atom stereocenters. The number of amides is 1. The van der Waals surface area contributed by atoms with Crippen molar-refractivity contribution in [2.45, 2.75) is 353 Å². The number of carbonyl (C=O) groups excluding carboxylic acids is 2. The lowest BCUT2D eigenvalue weighted by Gasteiger charge is -2.22. The number of ether oxygens (including phenoxy) is 1. The average molecular weight is 999 g/mol. The molecule has 6 heteroatoms. The molecule has 0 spiro atoms. The topological polar surface area (TPSA) is 95.9 Å². The van der Waals surface area contributed by atoms with E-state index in [2.05, 4.69) is 55.6 Å². The van der Waals surface area contributed by atoms with E-state index >= 15 is 0 Å². The number of aliphatic hydroxyl groups excluding tert-OH is 2. The molecule has 0 saturated carbocycles. The maximum Gasteiger partial charge on any atom is 0.305 e. The van der Waals surface area contributed by atoms with Crippen LogP contribution >= 0.6 is 0 Å². The molecule has 0 bridgehead atoms. The molecular weight excluding hydrogens is 875 g/mol. The summed E-state index contributed by atoms with van der Waals surface area (Å²) in [7, 11) is 0. The van der Waals surface area contributed by atoms with Crippen LogP contribution in [0.25, 0.3) is 0 Å². The standard InChI is InChI=1S/C65H123NO5/c1-3-5-7-9-11-13-14-15-16-33-36-39-43-47-51-55-59-65(70)71-60-56-52-48-44-40-37-34-31-29-27-25-23-21-19-17-18-20-22-24-26-28-30-32-35-38-42-46-50-54-58-64(69)66-62(61-67)63(68)57-53-49-45-41-12-10-8-6-4-2/h16-17,19,23,25,33,62-63,67-68H,3-15,18,20-22,24,26-32,34-61H2,1-2H3,(H,66,69)/b19-17-,25-23-,33-16-. The maximum atomic E-state index is 12.4. The lowest BCUT2D eigenvalue weighted by atomic mass is 10.0. The van der Waals surface area contributed by atoms with Crippen molar-refractivity contribution in [3.8, 4) is 0 Å². The Balaban J connectivity index is 3.38. The van der Waals surface area contributed by atoms with Crippen molar-refractivity contribution in [3.63, 3.8) is 0 Å². The van der Waals surface area contributed by atoms with Crippen molar-refractivity contribution in [1.82, 2.24) is 5.32 Å². The molecule has 418 valence electrons. The highest BCUT2D eigenvalue weighted by Crippen LogP contribution is 2.17. The first-order valence-electron chi connectivity index (χ1n) is 31.7. The number of esters is 1. The monoisotopic (exact) mass is 998 g/mol. The first-order chi connectivity index (χ1) is 35.0. The Kier molecular flexibility index (Phi) is 59.0. The van der Waals surface area contributed by atoms with Crippen LogP contribution in [-0.4, -0.2) is 47.4 Å². The Bertz CT molecular complexity index is 1150. The third-order valence-corrected chi connectivity index (χ3v) is 14.7. The third kappa shape index (κ3) is 57.2. The average Bonchev–Trinajstić information content (AvgIpc) is 3.37. The van der Waals surface area contributed by atoms with Crippen LogP contribution in [0.4, 0.5) is 0 Å². The molecule has 0 rings (SSSR count). The molecule has 0 aromatic carbocycles. The predicted molar refractivity (Wildman–Crippen MR) is 310 cm³/mol. The summed E-state index contributed by atoms with van der Waals surface area (Å²) < 4.78 is 5.48. The van der Waals surface area contributed by atoms with Crippen molar-refractivity contribution in [2.24, 2.45) is 0 Å². The molecule has 0 radical (unpaired) electrons. The van der Waals surface area contributed by atoms with Crippen LogP contribution in [0, 0.1) is 0 Å². The van der Waals surface area contributed by atoms with Crippen LogP contribution in [0.1, 0.15) is 341 Å². The number of unbranched alkanes of at least 4 members (excludes halogenated alkanes) is 42. The highest BCUT2D eigenvalue weighted by molar-refractivity contribution is 5.76. The Morgan fingerprint density at radius 3 is 1.08 bits per heavy atom. The Morgan fingerprint density at radius 1 is 0.394 bits per heavy atom. The normalized spacial score (nSPS) is 12.8. The molecule has 0 fully saturated rings. The van der Waals surface area contributed by atoms with Gasteiger partial charge >= 0.3 is 5.97 Å². The first-order valence-corrected chi connectivity index (χ1v) is 31.7. The van der Waals surface area contributed by atoms with E-state index in [-0.39, 0.29) is 18.5 Å². The largest absolute Gasteiger partial charge is 0.466 e. The van der Waals surface area contributed by atoms with Crippen molar-refractivity contribution < 1.29 is 24.5 Å². The summed E-state index contributed by atoms with van der Waals surface area (Å²) in [5, 5.41) is 23.1. The second-order valence-corrected chi connectivity index (χ2v) is 21.7. The van der Waals surface area contributed by atoms with E-state index in [0.717, 1.165) is 51.4 Å². The lowest BCUT2D eigenvalue weighted by Crippen LogP contribution is -2.45. The van der Waals surface area contributed by atoms with Gasteiger partial charge in [0.15, 0.2) is 0 Å². The number of aliphatic hydroxyl groups is 2. The minimum Gasteiger partial charge on any atom is -0.466 e. The number of carbonyl (C=O) groups is 2. The van der Waals surface area contributed by atoms with E-state index in [9.17, 15) is 19.8 Å². The molecule has 0 aliphatic rings. The molecule has 6 nitrogen and oxygen atoms in total. The summed E-state index contributed by atoms with van der Waals surface area (Å²) in [4.78, 5) is 24.5. The molecule has 0 aliphatic carbocycles. The first kappa shape index (κ1) is 69.1. The van der Waals surface area contributed by atoms with Gasteiger partial charge in [0.2, 0.25) is 5.91 Å². The van der Waals surface area contributed by atoms with Crippen LogP contribution in [0.2, 0.25) is 0 Å². The third-order valence-electron chi connectivity index (χ3n) is 14.7. The van der Waals surface area contributed by atoms with Gasteiger partial charge < -0.3 is 20.3 Å². The summed E-state index contributed by atoms with van der Waals surface area (Å²) in [5.74, 6) is -0.0333. The minimum absolute atomic E-state index is 0.00456. The molecule has 0 saturated heterocycles. The van der Waals surface area contributed by atoms with Gasteiger partial charge in [-0.25, -0.2) is 0 Å². The van der Waals surface area contributed by atoms with Crippen LogP contribution in [0.15, 0.2) is 36.5 Å². The van der Waals surface area contributed by atoms with Crippen molar-refractivity contribution in [2.75, 3.05) is 13.2 Å². The number of hydrogen-bond acceptors (Lipinski definition) is 5. The zero-order valence-electron chi connectivity index (χ0n) is 47.7. The summed E-state index contributed by atoms with van der Waals surface area (Å²) in [6.45, 7) is 4.93. The summed E-state index contributed by atoms with van der Waals surface area (Å²) >= 11 is 0. The smallest absolute Gasteiger partial charge is 0.305 e. The highest BCUT2D eigenvalue weighted by atomic mass is 16.5. The van der Waals surface area contributed by atoms with Gasteiger partial charge in [-0.05, 0) is 83.5 Å². The molecule has 0 aromatic rings. The van der Waals surface area contributed by atoms with E-state index in [1.807, 2.05) is 0 Å². The van der Waals surface area contributed by atoms with E-state index in [1.54, 1.807) is 0 Å². The van der Waals surface area contributed by atoms with E-state index in [4.69, 9.17) is 4.74 Å². The second-order valence-electron chi connectivity index (χ2n) is 21.7. The fraction of sp³-hybridized carbons (Fsp3) is 0.877. The van der Waals surface area contributed by atoms with Crippen molar-refractivity contribution >= 4 is 11.9 Å². The fourth-order valence-electron chi connectivity index (χ4n) is 9.78. The Hall–Kier alpha value is -1.92. The number of rotatable bonds is 59. The van der Waals surface area contributed by atoms with Crippen molar-refractivity contribution in [3.05, 3.63) is 36.5 Å². The zero-order chi connectivity index (χ0) is 51.4. The fourth-order valence-corrected chi connectivity index (χ4v) is 9.78. The minimum atomic E-state index is -0.663. The lowest BCUT2D eigenvalue weighted by molar-refractivity contribution is -0.143. The number of nitrogens with one attached hydrogen (secondary N) is 1. The molecule has 0 heterocycles. The SMILES string of the molecule is CCCCCCCCC/C=C\CCCCCCCC(=O)OCCCCCCCCCCC/C=C\C/C=C\CCCCCCCCCCCCCCCC(=O)NC(CO)C(O)CCCCCCCCCCC. The molecule has 71 heavy (non-hydrogen) atoms. The maximum absolute atomic E-state index is 12.4. The van der Waals surface area contributed by atoms with Gasteiger partial charge in [0, 0.05) is 12.8 Å². The Labute approximate surface area is 443 Å². The van der Waals surface area contributed by atoms with Gasteiger partial charge in [0.05, 0.1) is 25.4 Å². The van der Waals surface area contributed by atoms with Gasteiger partial charge in [-0.2, -0.15) is 0 Å². The quantitative estimate of drug-likeness (QED) is 0.0321. The molecule has 0 aromatic heterocycles. The van der Waals surface area contributed by atoms with Crippen molar-refractivity contribution in [1.29, 1.82) is 0 Å². The molecule has 1 amide bonds. The second kappa shape index (κ2) is 60.6. The van der Waals surface area contributed by atoms with Gasteiger partial charge in [-0.15, -0.1) is 0 Å². The highest BCUT2D eigenvalue weighted by Gasteiger charge is 2.20. The number of allylic oxidation sites excluding steroid dienone is 6. The molecule has 2 atom stereocenters. The summed E-state index contributed by atoms with van der Waals surface area (Å²) in [5.41, 5.74) is 0. The number of hydrogen-bond donors (Lipinski definition) is 3. The zero-order valence-corrected chi connectivity index (χ0v) is 47.7. The van der Waals surface area contributed by atoms with Crippen LogP contribution < -0.4 is 5.32 Å². The van der Waals surface area contributed by atoms with E-state index < -0.39 is 12.1 Å². The van der Waals surface area contributed by atoms with Crippen LogP contribution in [0.5, 0.6) is 0 Å². The molecule has 0 aliphatic heterocycles. The summed E-state index contributed by atoms with van der Waals surface area (Å²) in [6.07, 6.45) is 76.1.